The lowest BCUT2D eigenvalue weighted by molar-refractivity contribution is -0.384. The van der Waals surface area contributed by atoms with Gasteiger partial charge >= 0.3 is 5.97 Å². The van der Waals surface area contributed by atoms with E-state index in [0.29, 0.717) is 5.69 Å². The van der Waals surface area contributed by atoms with Crippen LogP contribution in [0.3, 0.4) is 0 Å². The average Bonchev–Trinajstić information content (AvgIpc) is 2.76. The summed E-state index contributed by atoms with van der Waals surface area (Å²) in [5, 5.41) is 13.9. The van der Waals surface area contributed by atoms with Gasteiger partial charge in [0, 0.05) is 56.1 Å². The second kappa shape index (κ2) is 10.1. The minimum Gasteiger partial charge on any atom is -0.462 e. The topological polar surface area (TPSA) is 105 Å². The number of likely N-dealkylation sites (N-methyl/N-ethyl adjacent to an activating group) is 1. The van der Waals surface area contributed by atoms with E-state index in [1.54, 1.807) is 19.1 Å². The van der Waals surface area contributed by atoms with Crippen molar-refractivity contribution in [3.63, 3.8) is 0 Å². The Morgan fingerprint density at radius 1 is 1.06 bits per heavy atom. The molecule has 0 saturated carbocycles. The van der Waals surface area contributed by atoms with Crippen LogP contribution >= 0.6 is 0 Å². The highest BCUT2D eigenvalue weighted by atomic mass is 16.6. The summed E-state index contributed by atoms with van der Waals surface area (Å²) in [6, 6.07) is 11.0. The standard InChI is InChI=1S/C22H26N4O5/c1-3-31-22(28)18-12-17(13-20(14-18)26(29)30)21(27)23-19-6-4-16(5-7-19)15-25-10-8-24(2)9-11-25/h4-7,12-14H,3,8-11,15H2,1-2H3,(H,23,27). The van der Waals surface area contributed by atoms with Crippen molar-refractivity contribution in [1.82, 2.24) is 9.80 Å². The molecule has 1 aliphatic rings. The molecule has 0 radical (unpaired) electrons. The number of nitro benzene ring substituents is 1. The molecule has 9 nitrogen and oxygen atoms in total. The van der Waals surface area contributed by atoms with Crippen LogP contribution < -0.4 is 5.32 Å². The maximum atomic E-state index is 12.7. The van der Waals surface area contributed by atoms with Gasteiger partial charge in [0.1, 0.15) is 0 Å². The summed E-state index contributed by atoms with van der Waals surface area (Å²) in [6.45, 7) is 6.74. The molecule has 31 heavy (non-hydrogen) atoms. The van der Waals surface area contributed by atoms with Crippen molar-refractivity contribution >= 4 is 23.3 Å². The van der Waals surface area contributed by atoms with Crippen LogP contribution in [0.1, 0.15) is 33.2 Å². The largest absolute Gasteiger partial charge is 0.462 e. The molecule has 1 aliphatic heterocycles. The Labute approximate surface area is 180 Å². The lowest BCUT2D eigenvalue weighted by Crippen LogP contribution is -2.43. The minimum atomic E-state index is -0.714. The van der Waals surface area contributed by atoms with Gasteiger partial charge in [0.05, 0.1) is 17.1 Å². The Hall–Kier alpha value is -3.30. The van der Waals surface area contributed by atoms with Gasteiger partial charge in [-0.3, -0.25) is 19.8 Å². The number of esters is 1. The number of anilines is 1. The van der Waals surface area contributed by atoms with Crippen LogP contribution in [0.4, 0.5) is 11.4 Å². The van der Waals surface area contributed by atoms with Crippen LogP contribution in [0.15, 0.2) is 42.5 Å². The van der Waals surface area contributed by atoms with Crippen LogP contribution in [-0.4, -0.2) is 66.4 Å². The van der Waals surface area contributed by atoms with Gasteiger partial charge in [0.15, 0.2) is 0 Å². The number of non-ortho nitro benzene ring substituents is 1. The van der Waals surface area contributed by atoms with Crippen molar-refractivity contribution in [1.29, 1.82) is 0 Å². The molecule has 0 bridgehead atoms. The molecule has 3 rings (SSSR count). The Morgan fingerprint density at radius 2 is 1.71 bits per heavy atom. The molecule has 1 heterocycles. The van der Waals surface area contributed by atoms with Gasteiger partial charge in [-0.15, -0.1) is 0 Å². The van der Waals surface area contributed by atoms with Gasteiger partial charge < -0.3 is 15.0 Å². The van der Waals surface area contributed by atoms with Crippen molar-refractivity contribution in [2.75, 3.05) is 45.2 Å². The van der Waals surface area contributed by atoms with E-state index in [-0.39, 0.29) is 23.4 Å². The summed E-state index contributed by atoms with van der Waals surface area (Å²) < 4.78 is 4.90. The number of nitro groups is 1. The maximum Gasteiger partial charge on any atom is 0.338 e. The normalized spacial score (nSPS) is 14.8. The van der Waals surface area contributed by atoms with Crippen molar-refractivity contribution < 1.29 is 19.2 Å². The van der Waals surface area contributed by atoms with Crippen LogP contribution in [0.2, 0.25) is 0 Å². The number of benzene rings is 2. The molecule has 1 saturated heterocycles. The van der Waals surface area contributed by atoms with E-state index in [0.717, 1.165) is 50.4 Å². The van der Waals surface area contributed by atoms with Crippen LogP contribution in [0.25, 0.3) is 0 Å². The zero-order valence-corrected chi connectivity index (χ0v) is 17.7. The van der Waals surface area contributed by atoms with Crippen LogP contribution in [0, 0.1) is 10.1 Å². The SMILES string of the molecule is CCOC(=O)c1cc(C(=O)Nc2ccc(CN3CCN(C)CC3)cc2)cc([N+](=O)[O-])c1. The third kappa shape index (κ3) is 6.09. The molecule has 0 spiro atoms. The van der Waals surface area contributed by atoms with Crippen molar-refractivity contribution in [2.45, 2.75) is 13.5 Å². The number of nitrogens with one attached hydrogen (secondary N) is 1. The Morgan fingerprint density at radius 3 is 2.32 bits per heavy atom. The predicted molar refractivity (Wildman–Crippen MR) is 116 cm³/mol. The molecule has 2 aromatic rings. The molecule has 0 aliphatic carbocycles. The molecule has 9 heteroatoms. The van der Waals surface area contributed by atoms with Gasteiger partial charge in [0.25, 0.3) is 11.6 Å². The van der Waals surface area contributed by atoms with E-state index in [1.165, 1.54) is 6.07 Å². The lowest BCUT2D eigenvalue weighted by Gasteiger charge is -2.32. The third-order valence-corrected chi connectivity index (χ3v) is 5.12. The number of nitrogens with zero attached hydrogens (tertiary/aromatic N) is 3. The fourth-order valence-corrected chi connectivity index (χ4v) is 3.34. The Bertz CT molecular complexity index is 953. The van der Waals surface area contributed by atoms with Gasteiger partial charge in [-0.2, -0.15) is 0 Å². The zero-order valence-electron chi connectivity index (χ0n) is 17.7. The number of rotatable bonds is 7. The number of ether oxygens (including phenoxy) is 1. The highest BCUT2D eigenvalue weighted by molar-refractivity contribution is 6.06. The smallest absolute Gasteiger partial charge is 0.338 e. The Balaban J connectivity index is 1.69. The summed E-state index contributed by atoms with van der Waals surface area (Å²) in [7, 11) is 2.12. The molecule has 0 aromatic heterocycles. The fourth-order valence-electron chi connectivity index (χ4n) is 3.34. The quantitative estimate of drug-likeness (QED) is 0.412. The van der Waals surface area contributed by atoms with Crippen LogP contribution in [-0.2, 0) is 11.3 Å². The van der Waals surface area contributed by atoms with Gasteiger partial charge in [-0.25, -0.2) is 4.79 Å². The number of carbonyl (C=O) groups is 2. The summed E-state index contributed by atoms with van der Waals surface area (Å²) in [5.74, 6) is -1.26. The molecule has 0 atom stereocenters. The first kappa shape index (κ1) is 22.4. The van der Waals surface area contributed by atoms with Gasteiger partial charge in [0.2, 0.25) is 0 Å². The molecular formula is C22H26N4O5. The third-order valence-electron chi connectivity index (χ3n) is 5.12. The first-order valence-corrected chi connectivity index (χ1v) is 10.1. The van der Waals surface area contributed by atoms with E-state index in [4.69, 9.17) is 4.74 Å². The van der Waals surface area contributed by atoms with E-state index < -0.39 is 16.8 Å². The molecule has 164 valence electrons. The number of hydrogen-bond acceptors (Lipinski definition) is 7. The second-order valence-corrected chi connectivity index (χ2v) is 7.48. The van der Waals surface area contributed by atoms with E-state index in [9.17, 15) is 19.7 Å². The summed E-state index contributed by atoms with van der Waals surface area (Å²) in [5.41, 5.74) is 1.33. The molecule has 1 fully saturated rings. The van der Waals surface area contributed by atoms with E-state index in [2.05, 4.69) is 22.2 Å². The number of carbonyl (C=O) groups excluding carboxylic acids is 2. The summed E-state index contributed by atoms with van der Waals surface area (Å²) >= 11 is 0. The minimum absolute atomic E-state index is 0.0127. The number of piperazine rings is 1. The monoisotopic (exact) mass is 426 g/mol. The molecule has 1 amide bonds. The first-order chi connectivity index (χ1) is 14.9. The molecule has 2 aromatic carbocycles. The van der Waals surface area contributed by atoms with Gasteiger partial charge in [-0.05, 0) is 37.7 Å². The Kier molecular flexibility index (Phi) is 7.32. The molecule has 0 unspecified atom stereocenters. The highest BCUT2D eigenvalue weighted by Crippen LogP contribution is 2.20. The second-order valence-electron chi connectivity index (χ2n) is 7.48. The fraction of sp³-hybridized carbons (Fsp3) is 0.364. The predicted octanol–water partition coefficient (Wildman–Crippen LogP) is 2.77. The highest BCUT2D eigenvalue weighted by Gasteiger charge is 2.19. The van der Waals surface area contributed by atoms with Crippen molar-refractivity contribution in [3.05, 3.63) is 69.3 Å². The zero-order chi connectivity index (χ0) is 22.4. The number of hydrogen-bond donors (Lipinski definition) is 1. The van der Waals surface area contributed by atoms with Crippen molar-refractivity contribution in [3.8, 4) is 0 Å². The summed E-state index contributed by atoms with van der Waals surface area (Å²) in [6.07, 6.45) is 0. The first-order valence-electron chi connectivity index (χ1n) is 10.1. The average molecular weight is 426 g/mol. The molecule has 1 N–H and O–H groups in total. The lowest BCUT2D eigenvalue weighted by atomic mass is 10.1. The summed E-state index contributed by atoms with van der Waals surface area (Å²) in [4.78, 5) is 39.9. The van der Waals surface area contributed by atoms with E-state index in [1.807, 2.05) is 12.1 Å². The van der Waals surface area contributed by atoms with E-state index >= 15 is 0 Å². The molecular weight excluding hydrogens is 400 g/mol. The van der Waals surface area contributed by atoms with Crippen LogP contribution in [0.5, 0.6) is 0 Å². The maximum absolute atomic E-state index is 12.7. The van der Waals surface area contributed by atoms with Crippen molar-refractivity contribution in [2.24, 2.45) is 0 Å². The van der Waals surface area contributed by atoms with Gasteiger partial charge in [-0.1, -0.05) is 12.1 Å². The number of amides is 1.